The molecular weight excluding hydrogens is 577 g/mol. The molecule has 0 aliphatic rings. The molecular formula is C48H30. The maximum atomic E-state index is 2.41. The van der Waals surface area contributed by atoms with Crippen molar-refractivity contribution < 1.29 is 0 Å². The largest absolute Gasteiger partial charge is 0.0616 e. The summed E-state index contributed by atoms with van der Waals surface area (Å²) in [7, 11) is 0. The second-order valence-corrected chi connectivity index (χ2v) is 12.9. The highest BCUT2D eigenvalue weighted by Gasteiger charge is 2.15. The van der Waals surface area contributed by atoms with Crippen molar-refractivity contribution in [1.82, 2.24) is 0 Å². The molecule has 222 valence electrons. The molecule has 10 aromatic carbocycles. The van der Waals surface area contributed by atoms with E-state index in [-0.39, 0.29) is 0 Å². The Hall–Kier alpha value is -6.24. The summed E-state index contributed by atoms with van der Waals surface area (Å²) in [4.78, 5) is 0. The van der Waals surface area contributed by atoms with E-state index in [1.807, 2.05) is 0 Å². The fraction of sp³-hybridized carbons (Fsp3) is 0. The summed E-state index contributed by atoms with van der Waals surface area (Å²) in [5.41, 5.74) is 7.51. The molecule has 0 nitrogen and oxygen atoms in total. The summed E-state index contributed by atoms with van der Waals surface area (Å²) in [6.07, 6.45) is 0. The first-order valence-corrected chi connectivity index (χ1v) is 16.7. The zero-order valence-corrected chi connectivity index (χ0v) is 26.3. The third-order valence-electron chi connectivity index (χ3n) is 10.2. The second kappa shape index (κ2) is 10.7. The fourth-order valence-electron chi connectivity index (χ4n) is 7.87. The van der Waals surface area contributed by atoms with Crippen LogP contribution in [0.1, 0.15) is 0 Å². The molecule has 0 N–H and O–H groups in total. The average molecular weight is 607 g/mol. The number of fused-ring (bicyclic) bond motifs is 8. The molecule has 0 heteroatoms. The molecule has 0 aliphatic carbocycles. The van der Waals surface area contributed by atoms with Gasteiger partial charge in [0.1, 0.15) is 0 Å². The van der Waals surface area contributed by atoms with E-state index in [1.54, 1.807) is 0 Å². The van der Waals surface area contributed by atoms with Gasteiger partial charge < -0.3 is 0 Å². The van der Waals surface area contributed by atoms with Crippen molar-refractivity contribution in [1.29, 1.82) is 0 Å². The van der Waals surface area contributed by atoms with Crippen LogP contribution < -0.4 is 0 Å². The normalized spacial score (nSPS) is 11.8. The summed E-state index contributed by atoms with van der Waals surface area (Å²) in [5, 5.41) is 15.3. The Bertz CT molecular complexity index is 2890. The van der Waals surface area contributed by atoms with Gasteiger partial charge in [-0.05, 0) is 128 Å². The van der Waals surface area contributed by atoms with Crippen molar-refractivity contribution in [2.75, 3.05) is 0 Å². The van der Waals surface area contributed by atoms with Crippen LogP contribution in [0, 0.1) is 0 Å². The first-order chi connectivity index (χ1) is 23.8. The van der Waals surface area contributed by atoms with Gasteiger partial charge in [0.25, 0.3) is 0 Å². The molecule has 48 heavy (non-hydrogen) atoms. The Morgan fingerprint density at radius 3 is 1.50 bits per heavy atom. The van der Waals surface area contributed by atoms with Crippen LogP contribution in [-0.4, -0.2) is 0 Å². The summed E-state index contributed by atoms with van der Waals surface area (Å²) < 4.78 is 0. The van der Waals surface area contributed by atoms with E-state index in [2.05, 4.69) is 182 Å². The SMILES string of the molecule is c1ccc2c(-c3ccc4cc(-c5cc(-c6cc7ccc8ccccc8c7c7ccccc67)c6ccccc6c5)ccc4c3)cccc2c1. The smallest absolute Gasteiger partial charge is 0.00264 e. The van der Waals surface area contributed by atoms with Gasteiger partial charge in [0.2, 0.25) is 0 Å². The van der Waals surface area contributed by atoms with Crippen LogP contribution in [0.3, 0.4) is 0 Å². The molecule has 0 heterocycles. The van der Waals surface area contributed by atoms with Gasteiger partial charge in [-0.2, -0.15) is 0 Å². The molecule has 0 aromatic heterocycles. The Morgan fingerprint density at radius 2 is 0.708 bits per heavy atom. The highest BCUT2D eigenvalue weighted by Crippen LogP contribution is 2.42. The van der Waals surface area contributed by atoms with Crippen LogP contribution in [0.4, 0.5) is 0 Å². The third-order valence-corrected chi connectivity index (χ3v) is 10.2. The van der Waals surface area contributed by atoms with Gasteiger partial charge >= 0.3 is 0 Å². The van der Waals surface area contributed by atoms with Crippen LogP contribution in [0.15, 0.2) is 182 Å². The van der Waals surface area contributed by atoms with Crippen molar-refractivity contribution in [2.45, 2.75) is 0 Å². The summed E-state index contributed by atoms with van der Waals surface area (Å²) in [6.45, 7) is 0. The van der Waals surface area contributed by atoms with Crippen LogP contribution in [0.5, 0.6) is 0 Å². The van der Waals surface area contributed by atoms with E-state index in [0.717, 1.165) is 0 Å². The van der Waals surface area contributed by atoms with Gasteiger partial charge in [-0.25, -0.2) is 0 Å². The van der Waals surface area contributed by atoms with Crippen molar-refractivity contribution in [3.05, 3.63) is 182 Å². The third kappa shape index (κ3) is 4.24. The second-order valence-electron chi connectivity index (χ2n) is 12.9. The predicted octanol–water partition coefficient (Wildman–Crippen LogP) is 13.6. The highest BCUT2D eigenvalue weighted by atomic mass is 14.2. The standard InChI is InChI=1S/C48H30/c1-4-14-40-31(10-1)13-9-19-41(40)37-24-23-33-26-35(22-21-34(33)27-37)39-28-36-12-3-5-15-42(36)46(30-39)47-29-38-25-20-32-11-2-6-16-43(32)48(38)45-18-8-7-17-44(45)47/h1-30H. The number of benzene rings is 10. The fourth-order valence-corrected chi connectivity index (χ4v) is 7.87. The minimum absolute atomic E-state index is 1.23. The molecule has 0 amide bonds. The summed E-state index contributed by atoms with van der Waals surface area (Å²) >= 11 is 0. The monoisotopic (exact) mass is 606 g/mol. The van der Waals surface area contributed by atoms with Crippen LogP contribution in [-0.2, 0) is 0 Å². The average Bonchev–Trinajstić information content (AvgIpc) is 3.16. The summed E-state index contributed by atoms with van der Waals surface area (Å²) in [6, 6.07) is 67.2. The van der Waals surface area contributed by atoms with Crippen molar-refractivity contribution in [2.24, 2.45) is 0 Å². The minimum Gasteiger partial charge on any atom is -0.0616 e. The predicted molar refractivity (Wildman–Crippen MR) is 208 cm³/mol. The van der Waals surface area contributed by atoms with Crippen molar-refractivity contribution in [3.63, 3.8) is 0 Å². The zero-order chi connectivity index (χ0) is 31.6. The molecule has 0 saturated carbocycles. The lowest BCUT2D eigenvalue weighted by molar-refractivity contribution is 1.65. The van der Waals surface area contributed by atoms with Gasteiger partial charge in [0.15, 0.2) is 0 Å². The quantitative estimate of drug-likeness (QED) is 0.176. The lowest BCUT2D eigenvalue weighted by Gasteiger charge is -2.16. The van der Waals surface area contributed by atoms with E-state index >= 15 is 0 Å². The van der Waals surface area contributed by atoms with Crippen molar-refractivity contribution >= 4 is 64.6 Å². The molecule has 0 aliphatic heterocycles. The van der Waals surface area contributed by atoms with E-state index in [0.29, 0.717) is 0 Å². The Kier molecular flexibility index (Phi) is 5.98. The highest BCUT2D eigenvalue weighted by molar-refractivity contribution is 6.24. The Balaban J connectivity index is 1.16. The van der Waals surface area contributed by atoms with E-state index in [9.17, 15) is 0 Å². The molecule has 0 atom stereocenters. The van der Waals surface area contributed by atoms with Gasteiger partial charge in [-0.1, -0.05) is 152 Å². The van der Waals surface area contributed by atoms with Crippen molar-refractivity contribution in [3.8, 4) is 33.4 Å². The lowest BCUT2D eigenvalue weighted by Crippen LogP contribution is -1.89. The molecule has 0 unspecified atom stereocenters. The number of rotatable bonds is 3. The van der Waals surface area contributed by atoms with Gasteiger partial charge in [-0.15, -0.1) is 0 Å². The molecule has 0 saturated heterocycles. The summed E-state index contributed by atoms with van der Waals surface area (Å²) in [5.74, 6) is 0. The molecule has 10 rings (SSSR count). The first-order valence-electron chi connectivity index (χ1n) is 16.7. The molecule has 0 radical (unpaired) electrons. The molecule has 10 aromatic rings. The topological polar surface area (TPSA) is 0 Å². The Morgan fingerprint density at radius 1 is 0.208 bits per heavy atom. The van der Waals surface area contributed by atoms with E-state index in [4.69, 9.17) is 0 Å². The first kappa shape index (κ1) is 26.9. The number of hydrogen-bond acceptors (Lipinski definition) is 0. The molecule has 0 bridgehead atoms. The van der Waals surface area contributed by atoms with Crippen LogP contribution in [0.2, 0.25) is 0 Å². The minimum atomic E-state index is 1.23. The van der Waals surface area contributed by atoms with E-state index < -0.39 is 0 Å². The molecule has 0 fully saturated rings. The molecule has 0 spiro atoms. The maximum absolute atomic E-state index is 2.41. The van der Waals surface area contributed by atoms with Gasteiger partial charge in [0.05, 0.1) is 0 Å². The number of hydrogen-bond donors (Lipinski definition) is 0. The van der Waals surface area contributed by atoms with Crippen LogP contribution in [0.25, 0.3) is 98.0 Å². The van der Waals surface area contributed by atoms with Gasteiger partial charge in [-0.3, -0.25) is 0 Å². The zero-order valence-electron chi connectivity index (χ0n) is 26.3. The van der Waals surface area contributed by atoms with Crippen LogP contribution >= 0.6 is 0 Å². The van der Waals surface area contributed by atoms with Gasteiger partial charge in [0, 0.05) is 0 Å². The maximum Gasteiger partial charge on any atom is -0.00264 e. The van der Waals surface area contributed by atoms with E-state index in [1.165, 1.54) is 98.0 Å². The Labute approximate surface area is 279 Å². The lowest BCUT2D eigenvalue weighted by atomic mass is 9.87.